The highest BCUT2D eigenvalue weighted by atomic mass is 16.6. The van der Waals surface area contributed by atoms with Gasteiger partial charge in [-0.1, -0.05) is 89.7 Å². The number of hydrogen-bond donors (Lipinski definition) is 3. The minimum Gasteiger partial charge on any atom is -0.394 e. The molecular weight excluding hydrogens is 392 g/mol. The summed E-state index contributed by atoms with van der Waals surface area (Å²) in [5, 5.41) is 28.9. The van der Waals surface area contributed by atoms with E-state index >= 15 is 0 Å². The molecule has 0 aliphatic carbocycles. The summed E-state index contributed by atoms with van der Waals surface area (Å²) in [5.74, 6) is 0. The van der Waals surface area contributed by atoms with Crippen LogP contribution in [0.3, 0.4) is 0 Å². The van der Waals surface area contributed by atoms with Crippen molar-refractivity contribution in [1.82, 2.24) is 0 Å². The molecule has 0 spiro atoms. The molecule has 5 nitrogen and oxygen atoms in total. The lowest BCUT2D eigenvalue weighted by Crippen LogP contribution is -2.55. The van der Waals surface area contributed by atoms with E-state index in [1.54, 1.807) is 0 Å². The van der Waals surface area contributed by atoms with E-state index in [1.165, 1.54) is 89.9 Å². The molecule has 0 radical (unpaired) electrons. The van der Waals surface area contributed by atoms with Gasteiger partial charge in [0.15, 0.2) is 0 Å². The van der Waals surface area contributed by atoms with Crippen LogP contribution in [0.25, 0.3) is 0 Å². The van der Waals surface area contributed by atoms with Gasteiger partial charge in [-0.15, -0.1) is 0 Å². The van der Waals surface area contributed by atoms with Crippen LogP contribution in [-0.2, 0) is 9.47 Å². The summed E-state index contributed by atoms with van der Waals surface area (Å²) in [4.78, 5) is 0. The largest absolute Gasteiger partial charge is 0.394 e. The lowest BCUT2D eigenvalue weighted by molar-refractivity contribution is -0.208. The molecule has 0 amide bonds. The highest BCUT2D eigenvalue weighted by Gasteiger charge is 2.38. The number of ether oxygens (including phenoxy) is 2. The number of aliphatic hydroxyl groups excluding tert-OH is 3. The number of unbranched alkanes of at least 4 members (excludes halogenated alkanes) is 14. The van der Waals surface area contributed by atoms with E-state index in [0.29, 0.717) is 6.61 Å². The van der Waals surface area contributed by atoms with Crippen LogP contribution < -0.4 is 0 Å². The SMILES string of the molecule is CCCCC/C=C/CCCCCCCCCCCCCO[C@@H]1CO[C@@H](CO)[C@H](O)[C@H]1O. The Hall–Kier alpha value is -0.460. The molecule has 5 heteroatoms. The molecule has 0 aromatic rings. The molecule has 0 aromatic heterocycles. The van der Waals surface area contributed by atoms with Gasteiger partial charge in [-0.3, -0.25) is 0 Å². The first-order chi connectivity index (χ1) is 15.2. The van der Waals surface area contributed by atoms with Gasteiger partial charge >= 0.3 is 0 Å². The minimum atomic E-state index is -1.08. The Morgan fingerprint density at radius 2 is 1.26 bits per heavy atom. The van der Waals surface area contributed by atoms with Gasteiger partial charge < -0.3 is 24.8 Å². The van der Waals surface area contributed by atoms with Crippen molar-refractivity contribution in [2.45, 2.75) is 134 Å². The summed E-state index contributed by atoms with van der Waals surface area (Å²) >= 11 is 0. The van der Waals surface area contributed by atoms with Gasteiger partial charge in [0.05, 0.1) is 13.2 Å². The normalized spacial score (nSPS) is 24.3. The molecule has 0 unspecified atom stereocenters. The van der Waals surface area contributed by atoms with E-state index in [0.717, 1.165) is 12.8 Å². The molecule has 1 heterocycles. The van der Waals surface area contributed by atoms with Crippen LogP contribution in [0.5, 0.6) is 0 Å². The van der Waals surface area contributed by atoms with Gasteiger partial charge in [0, 0.05) is 6.61 Å². The van der Waals surface area contributed by atoms with Crippen molar-refractivity contribution >= 4 is 0 Å². The summed E-state index contributed by atoms with van der Waals surface area (Å²) in [6.07, 6.45) is 22.1. The molecule has 3 N–H and O–H groups in total. The van der Waals surface area contributed by atoms with E-state index in [4.69, 9.17) is 14.6 Å². The minimum absolute atomic E-state index is 0.221. The van der Waals surface area contributed by atoms with Crippen LogP contribution in [0.2, 0.25) is 0 Å². The summed E-state index contributed by atoms with van der Waals surface area (Å²) in [6.45, 7) is 2.77. The average Bonchev–Trinajstić information content (AvgIpc) is 2.78. The second kappa shape index (κ2) is 20.2. The fourth-order valence-corrected chi connectivity index (χ4v) is 4.10. The smallest absolute Gasteiger partial charge is 0.111 e. The van der Waals surface area contributed by atoms with E-state index in [1.807, 2.05) is 0 Å². The van der Waals surface area contributed by atoms with Crippen molar-refractivity contribution in [3.8, 4) is 0 Å². The summed E-state index contributed by atoms with van der Waals surface area (Å²) in [6, 6.07) is 0. The maximum absolute atomic E-state index is 10.0. The average molecular weight is 443 g/mol. The standard InChI is InChI=1S/C26H50O5/c1-2-3-4-5-6-7-8-9-10-11-12-13-14-15-16-17-18-19-20-30-24-22-31-23(21-27)25(28)26(24)29/h6-7,23-29H,2-5,8-22H2,1H3/b7-6+/t23-,24+,25-,26-/m0/s1. The van der Waals surface area contributed by atoms with Gasteiger partial charge in [-0.25, -0.2) is 0 Å². The van der Waals surface area contributed by atoms with E-state index < -0.39 is 24.4 Å². The Morgan fingerprint density at radius 3 is 1.81 bits per heavy atom. The third-order valence-corrected chi connectivity index (χ3v) is 6.25. The molecule has 1 aliphatic rings. The maximum Gasteiger partial charge on any atom is 0.111 e. The van der Waals surface area contributed by atoms with Crippen molar-refractivity contribution in [3.05, 3.63) is 12.2 Å². The van der Waals surface area contributed by atoms with Gasteiger partial charge in [-0.05, 0) is 32.1 Å². The molecule has 4 atom stereocenters. The van der Waals surface area contributed by atoms with E-state index in [2.05, 4.69) is 19.1 Å². The third kappa shape index (κ3) is 14.3. The van der Waals surface area contributed by atoms with E-state index in [9.17, 15) is 10.2 Å². The number of rotatable bonds is 20. The molecule has 184 valence electrons. The molecule has 1 saturated heterocycles. The lowest BCUT2D eigenvalue weighted by atomic mass is 10.0. The highest BCUT2D eigenvalue weighted by Crippen LogP contribution is 2.18. The van der Waals surface area contributed by atoms with Crippen LogP contribution >= 0.6 is 0 Å². The topological polar surface area (TPSA) is 79.2 Å². The highest BCUT2D eigenvalue weighted by molar-refractivity contribution is 4.87. The maximum atomic E-state index is 10.0. The Balaban J connectivity index is 1.79. The molecule has 0 saturated carbocycles. The monoisotopic (exact) mass is 442 g/mol. The summed E-state index contributed by atoms with van der Waals surface area (Å²) in [5.41, 5.74) is 0. The molecule has 31 heavy (non-hydrogen) atoms. The third-order valence-electron chi connectivity index (χ3n) is 6.25. The van der Waals surface area contributed by atoms with Crippen LogP contribution in [0.1, 0.15) is 110 Å². The zero-order valence-corrected chi connectivity index (χ0v) is 20.1. The molecule has 0 aromatic carbocycles. The number of allylic oxidation sites excluding steroid dienone is 2. The zero-order valence-electron chi connectivity index (χ0n) is 20.1. The quantitative estimate of drug-likeness (QED) is 0.176. The molecule has 1 rings (SSSR count). The summed E-state index contributed by atoms with van der Waals surface area (Å²) < 4.78 is 11.0. The van der Waals surface area contributed by atoms with Crippen molar-refractivity contribution in [1.29, 1.82) is 0 Å². The van der Waals surface area contributed by atoms with Gasteiger partial charge in [0.2, 0.25) is 0 Å². The second-order valence-electron chi connectivity index (χ2n) is 9.09. The van der Waals surface area contributed by atoms with Gasteiger partial charge in [0.1, 0.15) is 24.4 Å². The van der Waals surface area contributed by atoms with Gasteiger partial charge in [-0.2, -0.15) is 0 Å². The fraction of sp³-hybridized carbons (Fsp3) is 0.923. The predicted molar refractivity (Wildman–Crippen MR) is 127 cm³/mol. The zero-order chi connectivity index (χ0) is 22.6. The summed E-state index contributed by atoms with van der Waals surface area (Å²) in [7, 11) is 0. The Morgan fingerprint density at radius 1 is 0.742 bits per heavy atom. The van der Waals surface area contributed by atoms with Crippen LogP contribution in [0.15, 0.2) is 12.2 Å². The first-order valence-electron chi connectivity index (χ1n) is 13.1. The Kier molecular flexibility index (Phi) is 18.6. The first-order valence-corrected chi connectivity index (χ1v) is 13.1. The molecule has 1 aliphatic heterocycles. The van der Waals surface area contributed by atoms with Crippen molar-refractivity contribution < 1.29 is 24.8 Å². The second-order valence-corrected chi connectivity index (χ2v) is 9.09. The van der Waals surface area contributed by atoms with Gasteiger partial charge in [0.25, 0.3) is 0 Å². The van der Waals surface area contributed by atoms with Crippen LogP contribution in [-0.4, -0.2) is 59.6 Å². The Labute approximate surface area is 191 Å². The van der Waals surface area contributed by atoms with Crippen molar-refractivity contribution in [2.75, 3.05) is 19.8 Å². The molecule has 0 bridgehead atoms. The van der Waals surface area contributed by atoms with Crippen LogP contribution in [0, 0.1) is 0 Å². The lowest BCUT2D eigenvalue weighted by Gasteiger charge is -2.36. The van der Waals surface area contributed by atoms with Crippen molar-refractivity contribution in [3.63, 3.8) is 0 Å². The first kappa shape index (κ1) is 28.6. The number of hydrogen-bond acceptors (Lipinski definition) is 5. The molecule has 1 fully saturated rings. The predicted octanol–water partition coefficient (Wildman–Crippen LogP) is 5.30. The fourth-order valence-electron chi connectivity index (χ4n) is 4.10. The van der Waals surface area contributed by atoms with Crippen molar-refractivity contribution in [2.24, 2.45) is 0 Å². The molecular formula is C26H50O5. The number of aliphatic hydroxyl groups is 3. The Bertz CT molecular complexity index is 415. The van der Waals surface area contributed by atoms with Crippen LogP contribution in [0.4, 0.5) is 0 Å². The van der Waals surface area contributed by atoms with E-state index in [-0.39, 0.29) is 13.2 Å².